The standard InChI is InChI=1S/C24H33N5O5/c1-26-16-21(30)28-19(12-22(31)32)23(33)27(14-18-10-6-3-7-11-18)15-20(28)29(26)24(34)25-13-17-8-4-2-5-9-17/h2,4-5,8-9,18-20H,3,6-7,10-16H2,1H3,(H,25,34)(H,31,32)/t19-,20-/m0/s1. The molecule has 184 valence electrons. The fraction of sp³-hybridized carbons (Fsp3) is 0.583. The van der Waals surface area contributed by atoms with Crippen LogP contribution in [0.4, 0.5) is 4.79 Å². The summed E-state index contributed by atoms with van der Waals surface area (Å²) in [6.07, 6.45) is 4.26. The van der Waals surface area contributed by atoms with Crippen molar-refractivity contribution in [2.45, 2.75) is 57.3 Å². The topological polar surface area (TPSA) is 114 Å². The Balaban J connectivity index is 1.57. The van der Waals surface area contributed by atoms with E-state index >= 15 is 0 Å². The number of fused-ring (bicyclic) bond motifs is 1. The molecule has 1 aliphatic carbocycles. The summed E-state index contributed by atoms with van der Waals surface area (Å²) < 4.78 is 0. The number of hydrogen-bond donors (Lipinski definition) is 2. The summed E-state index contributed by atoms with van der Waals surface area (Å²) in [5.74, 6) is -1.49. The smallest absolute Gasteiger partial charge is 0.334 e. The molecular formula is C24H33N5O5. The zero-order valence-corrected chi connectivity index (χ0v) is 19.6. The summed E-state index contributed by atoms with van der Waals surface area (Å²) in [5.41, 5.74) is 0.935. The number of amides is 4. The summed E-state index contributed by atoms with van der Waals surface area (Å²) in [5, 5.41) is 15.4. The molecule has 0 unspecified atom stereocenters. The van der Waals surface area contributed by atoms with Crippen molar-refractivity contribution in [1.29, 1.82) is 0 Å². The second-order valence-electron chi connectivity index (χ2n) is 9.45. The van der Waals surface area contributed by atoms with Crippen molar-refractivity contribution in [1.82, 2.24) is 25.1 Å². The van der Waals surface area contributed by atoms with Gasteiger partial charge in [-0.1, -0.05) is 49.6 Å². The van der Waals surface area contributed by atoms with E-state index < -0.39 is 30.6 Å². The lowest BCUT2D eigenvalue weighted by molar-refractivity contribution is -0.189. The predicted molar refractivity (Wildman–Crippen MR) is 123 cm³/mol. The summed E-state index contributed by atoms with van der Waals surface area (Å²) in [6.45, 7) is 0.895. The number of hydrogen-bond acceptors (Lipinski definition) is 5. The molecule has 0 aromatic heterocycles. The lowest BCUT2D eigenvalue weighted by atomic mass is 9.88. The predicted octanol–water partition coefficient (Wildman–Crippen LogP) is 1.48. The first-order valence-electron chi connectivity index (χ1n) is 12.0. The maximum absolute atomic E-state index is 13.3. The lowest BCUT2D eigenvalue weighted by Crippen LogP contribution is -2.76. The van der Waals surface area contributed by atoms with E-state index in [0.29, 0.717) is 19.0 Å². The first kappa shape index (κ1) is 24.0. The number of rotatable bonds is 6. The molecular weight excluding hydrogens is 438 g/mol. The number of aliphatic carboxylic acids is 1. The molecule has 0 radical (unpaired) electrons. The quantitative estimate of drug-likeness (QED) is 0.650. The maximum Gasteiger partial charge on any atom is 0.334 e. The number of carboxylic acids is 1. The van der Waals surface area contributed by atoms with Gasteiger partial charge in [0, 0.05) is 20.1 Å². The van der Waals surface area contributed by atoms with Crippen LogP contribution >= 0.6 is 0 Å². The summed E-state index contributed by atoms with van der Waals surface area (Å²) in [6, 6.07) is 7.98. The number of nitrogens with zero attached hydrogens (tertiary/aromatic N) is 4. The number of benzene rings is 1. The van der Waals surface area contributed by atoms with Crippen molar-refractivity contribution in [3.8, 4) is 0 Å². The lowest BCUT2D eigenvalue weighted by Gasteiger charge is -2.54. The molecule has 2 N–H and O–H groups in total. The highest BCUT2D eigenvalue weighted by Crippen LogP contribution is 2.30. The minimum atomic E-state index is -1.15. The average molecular weight is 472 g/mol. The Morgan fingerprint density at radius 1 is 1.09 bits per heavy atom. The van der Waals surface area contributed by atoms with E-state index in [1.54, 1.807) is 17.0 Å². The van der Waals surface area contributed by atoms with Gasteiger partial charge in [0.05, 0.1) is 19.5 Å². The number of nitrogens with one attached hydrogen (secondary N) is 1. The van der Waals surface area contributed by atoms with Crippen molar-refractivity contribution < 1.29 is 24.3 Å². The molecule has 3 aliphatic rings. The van der Waals surface area contributed by atoms with Crippen molar-refractivity contribution in [2.75, 3.05) is 26.7 Å². The molecule has 2 atom stereocenters. The number of piperazine rings is 1. The van der Waals surface area contributed by atoms with Crippen molar-refractivity contribution in [3.05, 3.63) is 35.9 Å². The third kappa shape index (κ3) is 5.16. The zero-order valence-electron chi connectivity index (χ0n) is 19.6. The molecule has 34 heavy (non-hydrogen) atoms. The monoisotopic (exact) mass is 471 g/mol. The van der Waals surface area contributed by atoms with Gasteiger partial charge in [0.25, 0.3) is 0 Å². The summed E-state index contributed by atoms with van der Waals surface area (Å²) in [7, 11) is 1.66. The van der Waals surface area contributed by atoms with Gasteiger partial charge in [-0.2, -0.15) is 0 Å². The number of carbonyl (C=O) groups excluding carboxylic acids is 3. The minimum Gasteiger partial charge on any atom is -0.481 e. The molecule has 2 heterocycles. The molecule has 0 spiro atoms. The van der Waals surface area contributed by atoms with E-state index in [1.165, 1.54) is 16.3 Å². The summed E-state index contributed by atoms with van der Waals surface area (Å²) in [4.78, 5) is 54.2. The van der Waals surface area contributed by atoms with Crippen LogP contribution in [0.1, 0.15) is 44.1 Å². The van der Waals surface area contributed by atoms with Gasteiger partial charge in [-0.3, -0.25) is 14.4 Å². The Bertz CT molecular complexity index is 920. The Morgan fingerprint density at radius 3 is 2.47 bits per heavy atom. The summed E-state index contributed by atoms with van der Waals surface area (Å²) >= 11 is 0. The third-order valence-corrected chi connectivity index (χ3v) is 7.01. The Kier molecular flexibility index (Phi) is 7.35. The van der Waals surface area contributed by atoms with Crippen LogP contribution < -0.4 is 5.32 Å². The van der Waals surface area contributed by atoms with Gasteiger partial charge in [0.2, 0.25) is 11.8 Å². The van der Waals surface area contributed by atoms with Crippen LogP contribution in [-0.4, -0.2) is 87.6 Å². The van der Waals surface area contributed by atoms with Gasteiger partial charge < -0.3 is 20.2 Å². The van der Waals surface area contributed by atoms with Gasteiger partial charge in [-0.25, -0.2) is 14.8 Å². The second-order valence-corrected chi connectivity index (χ2v) is 9.45. The molecule has 2 aliphatic heterocycles. The normalized spacial score (nSPS) is 24.2. The van der Waals surface area contributed by atoms with Crippen LogP contribution in [-0.2, 0) is 20.9 Å². The van der Waals surface area contributed by atoms with E-state index in [1.807, 2.05) is 30.3 Å². The highest BCUT2D eigenvalue weighted by molar-refractivity contribution is 5.93. The van der Waals surface area contributed by atoms with E-state index in [9.17, 15) is 24.3 Å². The molecule has 10 heteroatoms. The second kappa shape index (κ2) is 10.4. The minimum absolute atomic E-state index is 0.110. The van der Waals surface area contributed by atoms with Crippen molar-refractivity contribution in [3.63, 3.8) is 0 Å². The molecule has 10 nitrogen and oxygen atoms in total. The third-order valence-electron chi connectivity index (χ3n) is 7.01. The van der Waals surface area contributed by atoms with Crippen LogP contribution in [0.5, 0.6) is 0 Å². The largest absolute Gasteiger partial charge is 0.481 e. The fourth-order valence-electron chi connectivity index (χ4n) is 5.37. The first-order chi connectivity index (χ1) is 16.3. The number of carbonyl (C=O) groups is 4. The SMILES string of the molecule is CN1CC(=O)N2[C@@H](CC(=O)O)C(=O)N(CC3CCCCC3)C[C@@H]2N1C(=O)NCc1ccccc1. The van der Waals surface area contributed by atoms with E-state index in [-0.39, 0.29) is 24.9 Å². The van der Waals surface area contributed by atoms with Gasteiger partial charge in [-0.15, -0.1) is 0 Å². The first-order valence-corrected chi connectivity index (χ1v) is 12.0. The molecule has 1 aromatic rings. The highest BCUT2D eigenvalue weighted by Gasteiger charge is 2.51. The van der Waals surface area contributed by atoms with E-state index in [2.05, 4.69) is 5.32 Å². The Hall–Kier alpha value is -3.14. The number of hydrazine groups is 1. The van der Waals surface area contributed by atoms with Gasteiger partial charge >= 0.3 is 12.0 Å². The molecule has 3 fully saturated rings. The fourth-order valence-corrected chi connectivity index (χ4v) is 5.37. The van der Waals surface area contributed by atoms with E-state index in [0.717, 1.165) is 31.2 Å². The molecule has 4 rings (SSSR count). The van der Waals surface area contributed by atoms with E-state index in [4.69, 9.17) is 0 Å². The highest BCUT2D eigenvalue weighted by atomic mass is 16.4. The molecule has 1 saturated carbocycles. The Morgan fingerprint density at radius 2 is 1.79 bits per heavy atom. The van der Waals surface area contributed by atoms with Crippen LogP contribution in [0.15, 0.2) is 30.3 Å². The molecule has 1 aromatic carbocycles. The average Bonchev–Trinajstić information content (AvgIpc) is 2.81. The van der Waals surface area contributed by atoms with Gasteiger partial charge in [0.15, 0.2) is 0 Å². The zero-order chi connectivity index (χ0) is 24.2. The molecule has 0 bridgehead atoms. The maximum atomic E-state index is 13.3. The number of urea groups is 1. The van der Waals surface area contributed by atoms with Crippen molar-refractivity contribution >= 4 is 23.8 Å². The van der Waals surface area contributed by atoms with Crippen LogP contribution in [0.3, 0.4) is 0 Å². The van der Waals surface area contributed by atoms with Crippen LogP contribution in [0.25, 0.3) is 0 Å². The molecule has 4 amide bonds. The number of carboxylic acid groups (broad SMARTS) is 1. The van der Waals surface area contributed by atoms with Crippen LogP contribution in [0, 0.1) is 5.92 Å². The van der Waals surface area contributed by atoms with Crippen LogP contribution in [0.2, 0.25) is 0 Å². The van der Waals surface area contributed by atoms with Gasteiger partial charge in [-0.05, 0) is 24.3 Å². The Labute approximate surface area is 199 Å². The van der Waals surface area contributed by atoms with Crippen molar-refractivity contribution in [2.24, 2.45) is 5.92 Å². The number of likely N-dealkylation sites (N-methyl/N-ethyl adjacent to an activating group) is 1. The van der Waals surface area contributed by atoms with Gasteiger partial charge in [0.1, 0.15) is 12.2 Å². The molecule has 2 saturated heterocycles.